The van der Waals surface area contributed by atoms with E-state index in [1.54, 1.807) is 24.3 Å². The average Bonchev–Trinajstić information content (AvgIpc) is 3.11. The molecule has 0 radical (unpaired) electrons. The van der Waals surface area contributed by atoms with Crippen molar-refractivity contribution in [2.24, 2.45) is 5.84 Å². The van der Waals surface area contributed by atoms with Gasteiger partial charge in [0.15, 0.2) is 5.69 Å². The number of nitrogens with one attached hydrogen (secondary N) is 1. The summed E-state index contributed by atoms with van der Waals surface area (Å²) >= 11 is 0. The van der Waals surface area contributed by atoms with Gasteiger partial charge in [-0.3, -0.25) is 5.84 Å². The summed E-state index contributed by atoms with van der Waals surface area (Å²) in [5, 5.41) is 20.4. The fourth-order valence-electron chi connectivity index (χ4n) is 2.06. The van der Waals surface area contributed by atoms with Gasteiger partial charge in [0.1, 0.15) is 5.82 Å². The van der Waals surface area contributed by atoms with Crippen LogP contribution in [-0.2, 0) is 6.18 Å². The Labute approximate surface area is 170 Å². The van der Waals surface area contributed by atoms with E-state index in [1.165, 1.54) is 24.3 Å². The molecule has 3 rings (SSSR count). The number of nitrogen functional groups attached to an aromatic ring is 2. The lowest BCUT2D eigenvalue weighted by Crippen LogP contribution is -2.07. The van der Waals surface area contributed by atoms with Crippen LogP contribution in [0.15, 0.2) is 54.6 Å². The highest BCUT2D eigenvalue weighted by Gasteiger charge is 2.34. The Morgan fingerprint density at radius 1 is 0.931 bits per heavy atom. The molecule has 0 fully saturated rings. The molecule has 1 heterocycles. The van der Waals surface area contributed by atoms with E-state index in [0.717, 1.165) is 16.4 Å². The molecule has 29 heavy (non-hydrogen) atoms. The summed E-state index contributed by atoms with van der Waals surface area (Å²) in [5.41, 5.74) is 9.10. The topological polar surface area (TPSA) is 129 Å². The highest BCUT2D eigenvalue weighted by Crippen LogP contribution is 2.30. The molecule has 0 atom stereocenters. The summed E-state index contributed by atoms with van der Waals surface area (Å²) in [4.78, 5) is 0. The van der Waals surface area contributed by atoms with E-state index in [4.69, 9.17) is 22.1 Å². The zero-order chi connectivity index (χ0) is 20.7. The van der Waals surface area contributed by atoms with Gasteiger partial charge in [0.2, 0.25) is 0 Å². The van der Waals surface area contributed by atoms with Crippen molar-refractivity contribution in [2.75, 3.05) is 11.2 Å². The van der Waals surface area contributed by atoms with Crippen LogP contribution in [0.5, 0.6) is 0 Å². The second kappa shape index (κ2) is 9.99. The van der Waals surface area contributed by atoms with E-state index in [0.29, 0.717) is 16.8 Å². The number of anilines is 2. The SMILES string of the molecule is Cl.N#Cc1ccc(-n2nc(C(F)(F)F)cc2N)cc1.N#Cc1ccc(NN)cc1. The zero-order valence-corrected chi connectivity index (χ0v) is 15.5. The van der Waals surface area contributed by atoms with Crippen LogP contribution in [0.1, 0.15) is 16.8 Å². The maximum atomic E-state index is 12.4. The molecular formula is C18H15ClF3N7. The molecule has 0 unspecified atom stereocenters. The molecule has 150 valence electrons. The largest absolute Gasteiger partial charge is 0.435 e. The highest BCUT2D eigenvalue weighted by atomic mass is 35.5. The second-order valence-corrected chi connectivity index (χ2v) is 5.36. The van der Waals surface area contributed by atoms with Gasteiger partial charge in [0.25, 0.3) is 0 Å². The molecule has 0 saturated heterocycles. The molecule has 11 heteroatoms. The van der Waals surface area contributed by atoms with Crippen LogP contribution >= 0.6 is 12.4 Å². The Balaban J connectivity index is 0.000000327. The number of hydrazine groups is 1. The molecule has 5 N–H and O–H groups in total. The second-order valence-electron chi connectivity index (χ2n) is 5.36. The van der Waals surface area contributed by atoms with E-state index in [9.17, 15) is 13.2 Å². The van der Waals surface area contributed by atoms with Crippen LogP contribution in [-0.4, -0.2) is 9.78 Å². The minimum atomic E-state index is -4.54. The first kappa shape index (κ1) is 23.3. The summed E-state index contributed by atoms with van der Waals surface area (Å²) in [6.45, 7) is 0. The van der Waals surface area contributed by atoms with Crippen molar-refractivity contribution in [3.05, 3.63) is 71.4 Å². The van der Waals surface area contributed by atoms with Crippen molar-refractivity contribution in [3.63, 3.8) is 0 Å². The van der Waals surface area contributed by atoms with E-state index in [2.05, 4.69) is 10.5 Å². The number of nitrogens with two attached hydrogens (primary N) is 2. The normalized spacial score (nSPS) is 9.86. The Bertz CT molecular complexity index is 1010. The van der Waals surface area contributed by atoms with Crippen molar-refractivity contribution in [3.8, 4) is 17.8 Å². The number of rotatable bonds is 2. The fourth-order valence-corrected chi connectivity index (χ4v) is 2.06. The Morgan fingerprint density at radius 2 is 1.41 bits per heavy atom. The van der Waals surface area contributed by atoms with Gasteiger partial charge in [-0.2, -0.15) is 28.8 Å². The summed E-state index contributed by atoms with van der Waals surface area (Å²) in [5.74, 6) is 4.99. The third-order valence-electron chi connectivity index (χ3n) is 3.45. The minimum Gasteiger partial charge on any atom is -0.384 e. The summed E-state index contributed by atoms with van der Waals surface area (Å²) < 4.78 is 38.3. The Morgan fingerprint density at radius 3 is 1.79 bits per heavy atom. The first-order chi connectivity index (χ1) is 13.3. The van der Waals surface area contributed by atoms with E-state index in [1.807, 2.05) is 12.1 Å². The molecule has 1 aromatic heterocycles. The molecule has 0 bridgehead atoms. The molecule has 0 spiro atoms. The first-order valence-electron chi connectivity index (χ1n) is 7.68. The third kappa shape index (κ3) is 6.14. The van der Waals surface area contributed by atoms with E-state index in [-0.39, 0.29) is 18.2 Å². The van der Waals surface area contributed by atoms with E-state index >= 15 is 0 Å². The number of hydrogen-bond donors (Lipinski definition) is 3. The number of alkyl halides is 3. The molecular weight excluding hydrogens is 407 g/mol. The van der Waals surface area contributed by atoms with Crippen LogP contribution in [0.25, 0.3) is 5.69 Å². The molecule has 7 nitrogen and oxygen atoms in total. The number of hydrogen-bond acceptors (Lipinski definition) is 6. The predicted octanol–water partition coefficient (Wildman–Crippen LogP) is 3.61. The van der Waals surface area contributed by atoms with Gasteiger partial charge in [-0.05, 0) is 48.5 Å². The quantitative estimate of drug-likeness (QED) is 0.428. The number of nitrogens with zero attached hydrogens (tertiary/aromatic N) is 4. The maximum Gasteiger partial charge on any atom is 0.435 e. The standard InChI is InChI=1S/C11H7F3N4.C7H7N3.ClH/c12-11(13,14)9-5-10(16)18(17-9)8-3-1-7(6-15)2-4-8;8-5-6-1-3-7(10-9)4-2-6;/h1-5H,16H2;1-4,10H,9H2;1H. The van der Waals surface area contributed by atoms with Crippen molar-refractivity contribution < 1.29 is 13.2 Å². The Kier molecular flexibility index (Phi) is 8.03. The summed E-state index contributed by atoms with van der Waals surface area (Å²) in [7, 11) is 0. The fraction of sp³-hybridized carbons (Fsp3) is 0.0556. The van der Waals surface area contributed by atoms with Crippen molar-refractivity contribution in [2.45, 2.75) is 6.18 Å². The van der Waals surface area contributed by atoms with Crippen LogP contribution in [0.3, 0.4) is 0 Å². The van der Waals surface area contributed by atoms with Crippen molar-refractivity contribution in [1.82, 2.24) is 9.78 Å². The average molecular weight is 422 g/mol. The first-order valence-corrected chi connectivity index (χ1v) is 7.68. The lowest BCUT2D eigenvalue weighted by Gasteiger charge is -2.04. The summed E-state index contributed by atoms with van der Waals surface area (Å²) in [6.07, 6.45) is -4.54. The highest BCUT2D eigenvalue weighted by molar-refractivity contribution is 5.85. The number of halogens is 4. The minimum absolute atomic E-state index is 0. The predicted molar refractivity (Wildman–Crippen MR) is 104 cm³/mol. The van der Waals surface area contributed by atoms with Gasteiger partial charge in [0, 0.05) is 11.8 Å². The number of nitriles is 2. The van der Waals surface area contributed by atoms with Gasteiger partial charge in [0.05, 0.1) is 29.0 Å². The van der Waals surface area contributed by atoms with Crippen molar-refractivity contribution >= 4 is 23.9 Å². The van der Waals surface area contributed by atoms with E-state index < -0.39 is 11.9 Å². The third-order valence-corrected chi connectivity index (χ3v) is 3.45. The molecule has 0 aliphatic carbocycles. The van der Waals surface area contributed by atoms with Gasteiger partial charge >= 0.3 is 6.18 Å². The number of aromatic nitrogens is 2. The van der Waals surface area contributed by atoms with Gasteiger partial charge in [-0.15, -0.1) is 12.4 Å². The summed E-state index contributed by atoms with van der Waals surface area (Å²) in [6, 6.07) is 17.5. The Hall–Kier alpha value is -3.73. The monoisotopic (exact) mass is 421 g/mol. The zero-order valence-electron chi connectivity index (χ0n) is 14.7. The van der Waals surface area contributed by atoms with Gasteiger partial charge < -0.3 is 11.2 Å². The molecule has 0 saturated carbocycles. The molecule has 0 aliphatic heterocycles. The van der Waals surface area contributed by atoms with Crippen LogP contribution in [0, 0.1) is 22.7 Å². The molecule has 3 aromatic rings. The van der Waals surface area contributed by atoms with Crippen LogP contribution in [0.4, 0.5) is 24.7 Å². The van der Waals surface area contributed by atoms with Crippen molar-refractivity contribution in [1.29, 1.82) is 10.5 Å². The van der Waals surface area contributed by atoms with Crippen LogP contribution in [0.2, 0.25) is 0 Å². The maximum absolute atomic E-state index is 12.4. The molecule has 0 aliphatic rings. The molecule has 2 aromatic carbocycles. The smallest absolute Gasteiger partial charge is 0.384 e. The van der Waals surface area contributed by atoms with Gasteiger partial charge in [-0.1, -0.05) is 0 Å². The molecule has 0 amide bonds. The number of benzene rings is 2. The van der Waals surface area contributed by atoms with Gasteiger partial charge in [-0.25, -0.2) is 4.68 Å². The lowest BCUT2D eigenvalue weighted by molar-refractivity contribution is -0.141. The lowest BCUT2D eigenvalue weighted by atomic mass is 10.2. The van der Waals surface area contributed by atoms with Crippen LogP contribution < -0.4 is 17.0 Å².